The molecule has 2 aromatic rings. The number of nitrogens with one attached hydrogen (secondary N) is 2. The number of carbonyl (C=O) groups excluding carboxylic acids is 2. The number of carbonyl (C=O) groups is 2. The van der Waals surface area contributed by atoms with Crippen molar-refractivity contribution in [1.82, 2.24) is 19.5 Å². The van der Waals surface area contributed by atoms with Gasteiger partial charge in [-0.1, -0.05) is 20.8 Å². The van der Waals surface area contributed by atoms with E-state index < -0.39 is 29.0 Å². The highest BCUT2D eigenvalue weighted by Gasteiger charge is 2.32. The van der Waals surface area contributed by atoms with Crippen molar-refractivity contribution >= 4 is 39.4 Å². The standard InChI is InChI=1S/C20H28BrN5O5/c1-19(2,3)9-25-15-12(21)13(23-18(30)31-20(4,5)6)24-26(15)17(29)11(16(25)28)14(27)22-10-7-8-10/h10,28H,7-9H2,1-6H3,(H,22,27)(H,23,24,30). The van der Waals surface area contributed by atoms with E-state index in [0.717, 1.165) is 17.4 Å². The Morgan fingerprint density at radius 1 is 1.23 bits per heavy atom. The molecule has 0 aromatic carbocycles. The minimum Gasteiger partial charge on any atom is -0.494 e. The Morgan fingerprint density at radius 2 is 1.84 bits per heavy atom. The summed E-state index contributed by atoms with van der Waals surface area (Å²) in [4.78, 5) is 38.0. The van der Waals surface area contributed by atoms with Crippen molar-refractivity contribution in [3.63, 3.8) is 0 Å². The van der Waals surface area contributed by atoms with Gasteiger partial charge in [-0.25, -0.2) is 4.79 Å². The first-order chi connectivity index (χ1) is 14.2. The lowest BCUT2D eigenvalue weighted by atomic mass is 9.96. The molecule has 10 nitrogen and oxygen atoms in total. The summed E-state index contributed by atoms with van der Waals surface area (Å²) in [5, 5.41) is 20.4. The van der Waals surface area contributed by atoms with Crippen LogP contribution in [-0.2, 0) is 11.3 Å². The van der Waals surface area contributed by atoms with Gasteiger partial charge in [-0.3, -0.25) is 19.5 Å². The summed E-state index contributed by atoms with van der Waals surface area (Å²) < 4.78 is 7.98. The zero-order valence-electron chi connectivity index (χ0n) is 18.5. The normalized spacial score (nSPS) is 14.5. The molecule has 2 heterocycles. The van der Waals surface area contributed by atoms with E-state index in [1.807, 2.05) is 20.8 Å². The number of ether oxygens (including phenoxy) is 1. The number of halogens is 1. The summed E-state index contributed by atoms with van der Waals surface area (Å²) in [5.74, 6) is -1.06. The molecule has 0 radical (unpaired) electrons. The fraction of sp³-hybridized carbons (Fsp3) is 0.600. The van der Waals surface area contributed by atoms with Gasteiger partial charge in [0.25, 0.3) is 11.5 Å². The van der Waals surface area contributed by atoms with E-state index in [-0.39, 0.29) is 39.5 Å². The third-order valence-electron chi connectivity index (χ3n) is 4.34. The van der Waals surface area contributed by atoms with Gasteiger partial charge >= 0.3 is 6.09 Å². The van der Waals surface area contributed by atoms with E-state index in [1.54, 1.807) is 20.8 Å². The maximum Gasteiger partial charge on any atom is 0.413 e. The van der Waals surface area contributed by atoms with Gasteiger partial charge < -0.3 is 15.2 Å². The molecule has 1 aliphatic carbocycles. The van der Waals surface area contributed by atoms with Crippen LogP contribution >= 0.6 is 15.9 Å². The molecular formula is C20H28BrN5O5. The van der Waals surface area contributed by atoms with E-state index in [0.29, 0.717) is 0 Å². The molecule has 31 heavy (non-hydrogen) atoms. The van der Waals surface area contributed by atoms with E-state index in [2.05, 4.69) is 31.7 Å². The molecule has 0 unspecified atom stereocenters. The molecule has 3 rings (SSSR count). The number of rotatable bonds is 4. The van der Waals surface area contributed by atoms with Gasteiger partial charge in [-0.15, -0.1) is 5.10 Å². The van der Waals surface area contributed by atoms with E-state index in [9.17, 15) is 19.5 Å². The number of nitrogens with zero attached hydrogens (tertiary/aromatic N) is 3. The quantitative estimate of drug-likeness (QED) is 0.594. The van der Waals surface area contributed by atoms with Gasteiger partial charge in [0, 0.05) is 12.6 Å². The van der Waals surface area contributed by atoms with Crippen LogP contribution in [0.4, 0.5) is 10.6 Å². The van der Waals surface area contributed by atoms with Crippen LogP contribution in [0, 0.1) is 5.41 Å². The predicted molar refractivity (Wildman–Crippen MR) is 119 cm³/mol. The lowest BCUT2D eigenvalue weighted by Gasteiger charge is -2.23. The van der Waals surface area contributed by atoms with Crippen LogP contribution in [0.2, 0.25) is 0 Å². The smallest absolute Gasteiger partial charge is 0.413 e. The number of hydrogen-bond donors (Lipinski definition) is 3. The largest absolute Gasteiger partial charge is 0.494 e. The molecule has 1 aliphatic rings. The van der Waals surface area contributed by atoms with Crippen LogP contribution in [0.5, 0.6) is 5.88 Å². The highest BCUT2D eigenvalue weighted by molar-refractivity contribution is 9.10. The Kier molecular flexibility index (Phi) is 5.85. The zero-order valence-corrected chi connectivity index (χ0v) is 20.1. The Balaban J connectivity index is 2.17. The van der Waals surface area contributed by atoms with Crippen LogP contribution in [0.25, 0.3) is 5.65 Å². The molecule has 170 valence electrons. The van der Waals surface area contributed by atoms with Gasteiger partial charge in [0.15, 0.2) is 17.0 Å². The number of anilines is 1. The fourth-order valence-corrected chi connectivity index (χ4v) is 3.55. The Morgan fingerprint density at radius 3 is 2.35 bits per heavy atom. The van der Waals surface area contributed by atoms with Gasteiger partial charge in [0.05, 0.1) is 0 Å². The van der Waals surface area contributed by atoms with Gasteiger partial charge in [0.1, 0.15) is 10.1 Å². The second kappa shape index (κ2) is 7.85. The average Bonchev–Trinajstić information content (AvgIpc) is 3.33. The van der Waals surface area contributed by atoms with Crippen molar-refractivity contribution in [2.45, 2.75) is 72.6 Å². The van der Waals surface area contributed by atoms with Gasteiger partial charge in [0.2, 0.25) is 5.88 Å². The SMILES string of the molecule is CC(C)(C)Cn1c(O)c(C(=O)NC2CC2)c(=O)n2nc(NC(=O)OC(C)(C)C)c(Br)c12. The van der Waals surface area contributed by atoms with Crippen LogP contribution in [0.1, 0.15) is 64.7 Å². The number of aromatic nitrogens is 3. The highest BCUT2D eigenvalue weighted by atomic mass is 79.9. The molecule has 11 heteroatoms. The maximum atomic E-state index is 13.1. The number of hydrogen-bond acceptors (Lipinski definition) is 6. The first kappa shape index (κ1) is 23.1. The molecular weight excluding hydrogens is 470 g/mol. The van der Waals surface area contributed by atoms with Crippen molar-refractivity contribution in [3.05, 3.63) is 20.4 Å². The Bertz CT molecular complexity index is 1100. The summed E-state index contributed by atoms with van der Waals surface area (Å²) in [6.07, 6.45) is 0.923. The lowest BCUT2D eigenvalue weighted by molar-refractivity contribution is 0.0634. The summed E-state index contributed by atoms with van der Waals surface area (Å²) in [6.45, 7) is 11.3. The second-order valence-corrected chi connectivity index (χ2v) is 10.7. The Labute approximate surface area is 188 Å². The average molecular weight is 498 g/mol. The molecule has 0 aliphatic heterocycles. The molecule has 1 saturated carbocycles. The highest BCUT2D eigenvalue weighted by Crippen LogP contribution is 2.32. The van der Waals surface area contributed by atoms with E-state index >= 15 is 0 Å². The summed E-state index contributed by atoms with van der Waals surface area (Å²) in [7, 11) is 0. The van der Waals surface area contributed by atoms with Crippen LogP contribution in [0.15, 0.2) is 9.27 Å². The molecule has 3 N–H and O–H groups in total. The van der Waals surface area contributed by atoms with Crippen LogP contribution < -0.4 is 16.2 Å². The third-order valence-corrected chi connectivity index (χ3v) is 5.07. The van der Waals surface area contributed by atoms with E-state index in [1.165, 1.54) is 4.57 Å². The molecule has 0 atom stereocenters. The van der Waals surface area contributed by atoms with Gasteiger partial charge in [-0.05, 0) is 55.0 Å². The number of aromatic hydroxyl groups is 1. The van der Waals surface area contributed by atoms with E-state index in [4.69, 9.17) is 4.74 Å². The predicted octanol–water partition coefficient (Wildman–Crippen LogP) is 3.25. The van der Waals surface area contributed by atoms with Crippen molar-refractivity contribution in [3.8, 4) is 5.88 Å². The molecule has 1 fully saturated rings. The number of fused-ring (bicyclic) bond motifs is 1. The summed E-state index contributed by atoms with van der Waals surface area (Å²) in [6, 6.07) is 0.00631. The summed E-state index contributed by atoms with van der Waals surface area (Å²) in [5.41, 5.74) is -1.99. The third kappa shape index (κ3) is 5.20. The zero-order chi connectivity index (χ0) is 23.3. The molecule has 2 amide bonds. The first-order valence-corrected chi connectivity index (χ1v) is 10.8. The minimum atomic E-state index is -0.784. The van der Waals surface area contributed by atoms with Crippen LogP contribution in [-0.4, -0.2) is 42.9 Å². The van der Waals surface area contributed by atoms with Crippen molar-refractivity contribution in [1.29, 1.82) is 0 Å². The van der Waals surface area contributed by atoms with Crippen LogP contribution in [0.3, 0.4) is 0 Å². The topological polar surface area (TPSA) is 127 Å². The fourth-order valence-electron chi connectivity index (χ4n) is 2.99. The monoisotopic (exact) mass is 497 g/mol. The first-order valence-electron chi connectivity index (χ1n) is 10.0. The molecule has 0 saturated heterocycles. The second-order valence-electron chi connectivity index (χ2n) is 9.92. The van der Waals surface area contributed by atoms with Gasteiger partial charge in [-0.2, -0.15) is 4.52 Å². The minimum absolute atomic E-state index is 0.00631. The lowest BCUT2D eigenvalue weighted by Crippen LogP contribution is -2.35. The Hall–Kier alpha value is -2.56. The molecule has 0 bridgehead atoms. The maximum absolute atomic E-state index is 13.1. The van der Waals surface area contributed by atoms with Crippen molar-refractivity contribution in [2.24, 2.45) is 5.41 Å². The molecule has 0 spiro atoms. The van der Waals surface area contributed by atoms with Crippen molar-refractivity contribution in [2.75, 3.05) is 5.32 Å². The number of amides is 2. The molecule has 2 aromatic heterocycles. The van der Waals surface area contributed by atoms with Crippen molar-refractivity contribution < 1.29 is 19.4 Å². The summed E-state index contributed by atoms with van der Waals surface area (Å²) >= 11 is 3.37.